The van der Waals surface area contributed by atoms with E-state index in [1.54, 1.807) is 22.9 Å². The summed E-state index contributed by atoms with van der Waals surface area (Å²) < 4.78 is 45.0. The van der Waals surface area contributed by atoms with Gasteiger partial charge >= 0.3 is 0 Å². The molecule has 186 valence electrons. The normalized spacial score (nSPS) is 10.8. The van der Waals surface area contributed by atoms with Gasteiger partial charge in [0.15, 0.2) is 6.61 Å². The van der Waals surface area contributed by atoms with Crippen LogP contribution >= 0.6 is 0 Å². The van der Waals surface area contributed by atoms with E-state index >= 15 is 0 Å². The Kier molecular flexibility index (Phi) is 7.23. The third-order valence-electron chi connectivity index (χ3n) is 5.09. The van der Waals surface area contributed by atoms with Gasteiger partial charge in [-0.05, 0) is 42.5 Å². The van der Waals surface area contributed by atoms with Gasteiger partial charge in [0.05, 0.1) is 35.2 Å². The number of hydrogen-bond acceptors (Lipinski definition) is 7. The number of nitrogens with zero attached hydrogens (tertiary/aromatic N) is 3. The Morgan fingerprint density at radius 2 is 1.81 bits per heavy atom. The van der Waals surface area contributed by atoms with Crippen LogP contribution < -0.4 is 19.5 Å². The van der Waals surface area contributed by atoms with Crippen molar-refractivity contribution >= 4 is 28.2 Å². The molecule has 0 aliphatic carbocycles. The van der Waals surface area contributed by atoms with Gasteiger partial charge in [-0.1, -0.05) is 0 Å². The number of non-ortho nitro benzene ring substituents is 1. The molecule has 1 N–H and O–H groups in total. The second-order valence-electron chi connectivity index (χ2n) is 7.47. The lowest BCUT2D eigenvalue weighted by atomic mass is 10.2. The highest BCUT2D eigenvalue weighted by molar-refractivity contribution is 5.92. The molecule has 0 saturated carbocycles. The van der Waals surface area contributed by atoms with Crippen molar-refractivity contribution in [1.82, 2.24) is 9.78 Å². The molecule has 0 atom stereocenters. The zero-order chi connectivity index (χ0) is 25.7. The Labute approximate surface area is 203 Å². The molecule has 1 heterocycles. The molecule has 0 fully saturated rings. The van der Waals surface area contributed by atoms with Crippen LogP contribution in [0.1, 0.15) is 0 Å². The molecule has 12 heteroatoms. The van der Waals surface area contributed by atoms with Crippen LogP contribution in [0.3, 0.4) is 0 Å². The number of rotatable bonds is 10. The number of benzene rings is 3. The molecule has 0 aliphatic heterocycles. The highest BCUT2D eigenvalue weighted by atomic mass is 19.1. The molecule has 1 amide bonds. The van der Waals surface area contributed by atoms with Crippen LogP contribution in [-0.2, 0) is 11.3 Å². The van der Waals surface area contributed by atoms with Crippen molar-refractivity contribution in [3.63, 3.8) is 0 Å². The van der Waals surface area contributed by atoms with E-state index in [-0.39, 0.29) is 23.9 Å². The highest BCUT2D eigenvalue weighted by Crippen LogP contribution is 2.29. The Hall–Kier alpha value is -4.74. The second kappa shape index (κ2) is 10.7. The summed E-state index contributed by atoms with van der Waals surface area (Å²) >= 11 is 0. The largest absolute Gasteiger partial charge is 0.497 e. The number of hydrogen-bond donors (Lipinski definition) is 1. The van der Waals surface area contributed by atoms with Crippen LogP contribution in [0.5, 0.6) is 17.4 Å². The van der Waals surface area contributed by atoms with Crippen LogP contribution in [0.4, 0.5) is 20.2 Å². The predicted octanol–water partition coefficient (Wildman–Crippen LogP) is 4.33. The fourth-order valence-electron chi connectivity index (χ4n) is 3.36. The average Bonchev–Trinajstić information content (AvgIpc) is 3.21. The summed E-state index contributed by atoms with van der Waals surface area (Å²) in [5.74, 6) is -1.17. The minimum absolute atomic E-state index is 0.0395. The maximum absolute atomic E-state index is 13.8. The number of nitro benzene ring substituents is 1. The summed E-state index contributed by atoms with van der Waals surface area (Å²) in [6.45, 7) is 0.0278. The van der Waals surface area contributed by atoms with Gasteiger partial charge in [0.25, 0.3) is 11.6 Å². The van der Waals surface area contributed by atoms with Crippen LogP contribution in [0.25, 0.3) is 10.9 Å². The first-order valence-corrected chi connectivity index (χ1v) is 10.6. The van der Waals surface area contributed by atoms with Gasteiger partial charge < -0.3 is 19.5 Å². The molecular formula is C24H20F2N4O6. The Morgan fingerprint density at radius 1 is 1.06 bits per heavy atom. The van der Waals surface area contributed by atoms with Crippen LogP contribution in [0.2, 0.25) is 0 Å². The van der Waals surface area contributed by atoms with Gasteiger partial charge in [-0.25, -0.2) is 8.78 Å². The van der Waals surface area contributed by atoms with E-state index < -0.39 is 29.1 Å². The number of carbonyl (C=O) groups is 1. The van der Waals surface area contributed by atoms with Gasteiger partial charge in [-0.15, -0.1) is 5.10 Å². The summed E-state index contributed by atoms with van der Waals surface area (Å²) in [4.78, 5) is 22.5. The fraction of sp³-hybridized carbons (Fsp3) is 0.167. The molecule has 1 aromatic heterocycles. The first-order valence-electron chi connectivity index (χ1n) is 10.6. The second-order valence-corrected chi connectivity index (χ2v) is 7.47. The minimum Gasteiger partial charge on any atom is -0.497 e. The Bertz CT molecular complexity index is 1410. The maximum Gasteiger partial charge on any atom is 0.269 e. The molecular weight excluding hydrogens is 478 g/mol. The van der Waals surface area contributed by atoms with Gasteiger partial charge in [0.2, 0.25) is 5.88 Å². The predicted molar refractivity (Wildman–Crippen MR) is 125 cm³/mol. The molecule has 0 spiro atoms. The van der Waals surface area contributed by atoms with Gasteiger partial charge in [0, 0.05) is 18.2 Å². The number of nitro groups is 1. The van der Waals surface area contributed by atoms with Crippen molar-refractivity contribution in [3.05, 3.63) is 82.4 Å². The lowest BCUT2D eigenvalue weighted by molar-refractivity contribution is -0.384. The van der Waals surface area contributed by atoms with Gasteiger partial charge in [-0.2, -0.15) is 0 Å². The number of anilines is 1. The summed E-state index contributed by atoms with van der Waals surface area (Å²) in [7, 11) is 1.51. The van der Waals surface area contributed by atoms with Gasteiger partial charge in [0.1, 0.15) is 29.7 Å². The number of methoxy groups -OCH3 is 1. The third-order valence-corrected chi connectivity index (χ3v) is 5.09. The summed E-state index contributed by atoms with van der Waals surface area (Å²) in [6.07, 6.45) is 0. The zero-order valence-electron chi connectivity index (χ0n) is 18.9. The van der Waals surface area contributed by atoms with Gasteiger partial charge in [-0.3, -0.25) is 19.6 Å². The first-order chi connectivity index (χ1) is 17.3. The number of fused-ring (bicyclic) bond motifs is 1. The third kappa shape index (κ3) is 5.66. The lowest BCUT2D eigenvalue weighted by Crippen LogP contribution is -2.21. The SMILES string of the molecule is COc1ccc2c(c1)c(OCC(=O)Nc1ccc(F)cc1F)nn2CCOc1ccc([N+](=O)[O-])cc1. The summed E-state index contributed by atoms with van der Waals surface area (Å²) in [5.41, 5.74) is 0.468. The van der Waals surface area contributed by atoms with E-state index in [4.69, 9.17) is 14.2 Å². The molecule has 36 heavy (non-hydrogen) atoms. The Morgan fingerprint density at radius 3 is 2.50 bits per heavy atom. The van der Waals surface area contributed by atoms with E-state index in [1.807, 2.05) is 0 Å². The number of ether oxygens (including phenoxy) is 3. The molecule has 0 saturated heterocycles. The summed E-state index contributed by atoms with van der Waals surface area (Å²) in [6, 6.07) is 13.7. The van der Waals surface area contributed by atoms with Crippen molar-refractivity contribution in [2.24, 2.45) is 0 Å². The molecule has 0 radical (unpaired) electrons. The number of halogens is 2. The molecule has 0 aliphatic rings. The number of nitrogens with one attached hydrogen (secondary N) is 1. The molecule has 0 unspecified atom stereocenters. The van der Waals surface area contributed by atoms with Crippen LogP contribution in [0, 0.1) is 21.7 Å². The Balaban J connectivity index is 1.44. The zero-order valence-corrected chi connectivity index (χ0v) is 18.9. The monoisotopic (exact) mass is 498 g/mol. The van der Waals surface area contributed by atoms with E-state index in [2.05, 4.69) is 10.4 Å². The van der Waals surface area contributed by atoms with E-state index in [9.17, 15) is 23.7 Å². The standard InChI is InChI=1S/C24H20F2N4O6/c1-34-18-7-9-22-19(13-18)24(36-14-23(31)27-21-8-2-15(25)12-20(21)26)28-29(22)10-11-35-17-5-3-16(4-6-17)30(32)33/h2-9,12-13H,10-11,14H2,1H3,(H,27,31). The quantitative estimate of drug-likeness (QED) is 0.255. The van der Waals surface area contributed by atoms with Crippen LogP contribution in [0.15, 0.2) is 60.7 Å². The van der Waals surface area contributed by atoms with E-state index in [0.717, 1.165) is 12.1 Å². The van der Waals surface area contributed by atoms with Crippen molar-refractivity contribution in [2.75, 3.05) is 25.6 Å². The van der Waals surface area contributed by atoms with Crippen molar-refractivity contribution in [1.29, 1.82) is 0 Å². The fourth-order valence-corrected chi connectivity index (χ4v) is 3.36. The van der Waals surface area contributed by atoms with Crippen LogP contribution in [-0.4, -0.2) is 40.9 Å². The number of aromatic nitrogens is 2. The molecule has 10 nitrogen and oxygen atoms in total. The molecule has 4 aromatic rings. The van der Waals surface area contributed by atoms with Crippen molar-refractivity contribution in [3.8, 4) is 17.4 Å². The van der Waals surface area contributed by atoms with Crippen molar-refractivity contribution < 1.29 is 32.7 Å². The first kappa shape index (κ1) is 24.4. The number of carbonyl (C=O) groups excluding carboxylic acids is 1. The topological polar surface area (TPSA) is 118 Å². The molecule has 4 rings (SSSR count). The van der Waals surface area contributed by atoms with Crippen molar-refractivity contribution in [2.45, 2.75) is 6.54 Å². The highest BCUT2D eigenvalue weighted by Gasteiger charge is 2.16. The minimum atomic E-state index is -0.907. The molecule has 3 aromatic carbocycles. The average molecular weight is 498 g/mol. The number of amides is 1. The smallest absolute Gasteiger partial charge is 0.269 e. The van der Waals surface area contributed by atoms with E-state index in [1.165, 1.54) is 31.4 Å². The van der Waals surface area contributed by atoms with E-state index in [0.29, 0.717) is 35.0 Å². The maximum atomic E-state index is 13.8. The summed E-state index contributed by atoms with van der Waals surface area (Å²) in [5, 5.41) is 18.1. The lowest BCUT2D eigenvalue weighted by Gasteiger charge is -2.07. The molecule has 0 bridgehead atoms.